The summed E-state index contributed by atoms with van der Waals surface area (Å²) in [6.07, 6.45) is 15.5. The topological polar surface area (TPSA) is 27.7 Å². The summed E-state index contributed by atoms with van der Waals surface area (Å²) in [5.74, 6) is -0.841. The van der Waals surface area contributed by atoms with E-state index in [0.717, 1.165) is 32.1 Å². The van der Waals surface area contributed by atoms with Crippen molar-refractivity contribution < 1.29 is 18.6 Å². The van der Waals surface area contributed by atoms with Crippen LogP contribution in [0.15, 0.2) is 24.3 Å². The van der Waals surface area contributed by atoms with E-state index >= 15 is 0 Å². The minimum Gasteiger partial charge on any atom is -0.331 e. The second kappa shape index (κ2) is 16.7. The molecule has 0 spiro atoms. The van der Waals surface area contributed by atoms with E-state index in [1.807, 2.05) is 19.1 Å². The lowest BCUT2D eigenvalue weighted by Gasteiger charge is -2.37. The minimum absolute atomic E-state index is 0.163. The van der Waals surface area contributed by atoms with Crippen LogP contribution < -0.4 is 0 Å². The number of rotatable bonds is 19. The summed E-state index contributed by atoms with van der Waals surface area (Å²) in [5.41, 5.74) is 1.21. The van der Waals surface area contributed by atoms with Gasteiger partial charge >= 0.3 is 0 Å². The first-order chi connectivity index (χ1) is 14.6. The number of unbranched alkanes of at least 4 members (excludes halogenated alkanes) is 8. The van der Waals surface area contributed by atoms with Crippen LogP contribution in [-0.2, 0) is 20.6 Å². The van der Waals surface area contributed by atoms with Crippen LogP contribution in [0.4, 0.5) is 4.39 Å². The Morgan fingerprint density at radius 3 is 1.83 bits per heavy atom. The van der Waals surface area contributed by atoms with Gasteiger partial charge in [0, 0.05) is 26.7 Å². The maximum atomic E-state index is 13.0. The molecule has 0 aromatic heterocycles. The lowest BCUT2D eigenvalue weighted by atomic mass is 9.91. The Hall–Kier alpha value is -0.970. The molecule has 0 aliphatic carbocycles. The highest BCUT2D eigenvalue weighted by atomic mass is 19.1. The highest BCUT2D eigenvalue weighted by Gasteiger charge is 2.39. The number of halogens is 1. The lowest BCUT2D eigenvalue weighted by molar-refractivity contribution is -0.388. The third-order valence-electron chi connectivity index (χ3n) is 6.00. The standard InChI is InChI=1S/C26H45FO3/c1-5-7-8-9-10-14-17-24(26(28-3,29-4)30-6-2)18-15-12-11-13-16-23-19-21-25(27)22-20-23/h19-22,24H,5-18H2,1-4H3. The van der Waals surface area contributed by atoms with Gasteiger partial charge in [-0.1, -0.05) is 76.8 Å². The van der Waals surface area contributed by atoms with Gasteiger partial charge in [0.15, 0.2) is 0 Å². The van der Waals surface area contributed by atoms with Crippen LogP contribution in [-0.4, -0.2) is 26.8 Å². The Balaban J connectivity index is 2.42. The van der Waals surface area contributed by atoms with Gasteiger partial charge in [0.05, 0.1) is 0 Å². The fourth-order valence-electron chi connectivity index (χ4n) is 4.25. The molecule has 1 aromatic carbocycles. The molecule has 1 unspecified atom stereocenters. The number of benzene rings is 1. The zero-order valence-corrected chi connectivity index (χ0v) is 19.9. The van der Waals surface area contributed by atoms with Crippen molar-refractivity contribution in [2.24, 2.45) is 5.92 Å². The van der Waals surface area contributed by atoms with Gasteiger partial charge < -0.3 is 14.2 Å². The van der Waals surface area contributed by atoms with Crippen LogP contribution in [0.5, 0.6) is 0 Å². The average molecular weight is 425 g/mol. The van der Waals surface area contributed by atoms with Crippen molar-refractivity contribution >= 4 is 0 Å². The van der Waals surface area contributed by atoms with E-state index in [1.165, 1.54) is 56.9 Å². The molecule has 0 heterocycles. The quantitative estimate of drug-likeness (QED) is 0.168. The van der Waals surface area contributed by atoms with E-state index in [2.05, 4.69) is 6.92 Å². The molecule has 174 valence electrons. The predicted octanol–water partition coefficient (Wildman–Crippen LogP) is 7.67. The first-order valence-electron chi connectivity index (χ1n) is 12.1. The maximum Gasteiger partial charge on any atom is 0.285 e. The molecular weight excluding hydrogens is 379 g/mol. The Morgan fingerprint density at radius 2 is 1.30 bits per heavy atom. The maximum absolute atomic E-state index is 13.0. The van der Waals surface area contributed by atoms with E-state index < -0.39 is 5.97 Å². The molecule has 0 bridgehead atoms. The van der Waals surface area contributed by atoms with Crippen LogP contribution in [0, 0.1) is 11.7 Å². The van der Waals surface area contributed by atoms with Gasteiger partial charge in [-0.15, -0.1) is 0 Å². The third-order valence-corrected chi connectivity index (χ3v) is 6.00. The molecule has 0 radical (unpaired) electrons. The lowest BCUT2D eigenvalue weighted by Crippen LogP contribution is -2.45. The van der Waals surface area contributed by atoms with E-state index in [0.29, 0.717) is 6.61 Å². The Kier molecular flexibility index (Phi) is 15.1. The van der Waals surface area contributed by atoms with Crippen LogP contribution in [0.2, 0.25) is 0 Å². The molecular formula is C26H45FO3. The molecule has 3 nitrogen and oxygen atoms in total. The molecule has 1 atom stereocenters. The Labute approximate surface area is 184 Å². The zero-order chi connectivity index (χ0) is 22.1. The summed E-state index contributed by atoms with van der Waals surface area (Å²) in [6.45, 7) is 4.82. The Morgan fingerprint density at radius 1 is 0.767 bits per heavy atom. The number of aryl methyl sites for hydroxylation is 1. The molecule has 1 rings (SSSR count). The van der Waals surface area contributed by atoms with Crippen LogP contribution in [0.25, 0.3) is 0 Å². The van der Waals surface area contributed by atoms with Gasteiger partial charge in [-0.2, -0.15) is 0 Å². The largest absolute Gasteiger partial charge is 0.331 e. The van der Waals surface area contributed by atoms with Crippen molar-refractivity contribution in [1.82, 2.24) is 0 Å². The van der Waals surface area contributed by atoms with Crippen molar-refractivity contribution in [3.63, 3.8) is 0 Å². The molecule has 0 N–H and O–H groups in total. The van der Waals surface area contributed by atoms with Gasteiger partial charge in [-0.25, -0.2) is 4.39 Å². The van der Waals surface area contributed by atoms with Gasteiger partial charge in [-0.3, -0.25) is 0 Å². The SMILES string of the molecule is CCCCCCCCC(CCCCCCc1ccc(F)cc1)C(OC)(OC)OCC. The van der Waals surface area contributed by atoms with Crippen molar-refractivity contribution in [3.8, 4) is 0 Å². The number of ether oxygens (including phenoxy) is 3. The monoisotopic (exact) mass is 424 g/mol. The summed E-state index contributed by atoms with van der Waals surface area (Å²) in [5, 5.41) is 0. The van der Waals surface area contributed by atoms with Crippen molar-refractivity contribution in [2.75, 3.05) is 20.8 Å². The summed E-state index contributed by atoms with van der Waals surface area (Å²) in [6, 6.07) is 6.87. The van der Waals surface area contributed by atoms with Crippen molar-refractivity contribution in [2.45, 2.75) is 103 Å². The average Bonchev–Trinajstić information content (AvgIpc) is 2.76. The first-order valence-corrected chi connectivity index (χ1v) is 12.1. The van der Waals surface area contributed by atoms with E-state index in [4.69, 9.17) is 14.2 Å². The van der Waals surface area contributed by atoms with Crippen LogP contribution in [0.1, 0.15) is 96.5 Å². The van der Waals surface area contributed by atoms with Gasteiger partial charge in [0.1, 0.15) is 5.82 Å². The second-order valence-electron chi connectivity index (χ2n) is 8.28. The molecule has 0 saturated heterocycles. The number of hydrogen-bond acceptors (Lipinski definition) is 3. The van der Waals surface area contributed by atoms with E-state index in [9.17, 15) is 4.39 Å². The summed E-state index contributed by atoms with van der Waals surface area (Å²) in [7, 11) is 3.38. The minimum atomic E-state index is -0.924. The van der Waals surface area contributed by atoms with Crippen molar-refractivity contribution in [3.05, 3.63) is 35.6 Å². The molecule has 1 aromatic rings. The summed E-state index contributed by atoms with van der Waals surface area (Å²) < 4.78 is 30.5. The molecule has 0 saturated carbocycles. The molecule has 0 fully saturated rings. The fourth-order valence-corrected chi connectivity index (χ4v) is 4.25. The smallest absolute Gasteiger partial charge is 0.285 e. The number of methoxy groups -OCH3 is 2. The molecule has 30 heavy (non-hydrogen) atoms. The zero-order valence-electron chi connectivity index (χ0n) is 19.9. The molecule has 0 aliphatic rings. The molecule has 4 heteroatoms. The fraction of sp³-hybridized carbons (Fsp3) is 0.769. The number of hydrogen-bond donors (Lipinski definition) is 0. The third kappa shape index (κ3) is 10.4. The first kappa shape index (κ1) is 27.1. The highest BCUT2D eigenvalue weighted by molar-refractivity contribution is 5.15. The molecule has 0 amide bonds. The van der Waals surface area contributed by atoms with Crippen molar-refractivity contribution in [1.29, 1.82) is 0 Å². The summed E-state index contributed by atoms with van der Waals surface area (Å²) in [4.78, 5) is 0. The Bertz CT molecular complexity index is 514. The van der Waals surface area contributed by atoms with E-state index in [-0.39, 0.29) is 11.7 Å². The van der Waals surface area contributed by atoms with Crippen LogP contribution in [0.3, 0.4) is 0 Å². The highest BCUT2D eigenvalue weighted by Crippen LogP contribution is 2.33. The van der Waals surface area contributed by atoms with Gasteiger partial charge in [0.25, 0.3) is 5.97 Å². The second-order valence-corrected chi connectivity index (χ2v) is 8.28. The van der Waals surface area contributed by atoms with Gasteiger partial charge in [-0.05, 0) is 50.3 Å². The molecule has 0 aliphatic heterocycles. The van der Waals surface area contributed by atoms with Gasteiger partial charge in [0.2, 0.25) is 0 Å². The predicted molar refractivity (Wildman–Crippen MR) is 123 cm³/mol. The summed E-state index contributed by atoms with van der Waals surface area (Å²) >= 11 is 0. The van der Waals surface area contributed by atoms with E-state index in [1.54, 1.807) is 26.4 Å². The normalized spacial score (nSPS) is 13.0. The van der Waals surface area contributed by atoms with Crippen LogP contribution >= 0.6 is 0 Å².